The predicted molar refractivity (Wildman–Crippen MR) is 70.0 cm³/mol. The third-order valence-electron chi connectivity index (χ3n) is 3.95. The first-order chi connectivity index (χ1) is 8.27. The van der Waals surface area contributed by atoms with E-state index < -0.39 is 0 Å². The lowest BCUT2D eigenvalue weighted by Gasteiger charge is -2.26. The van der Waals surface area contributed by atoms with Crippen LogP contribution in [-0.2, 0) is 5.41 Å². The van der Waals surface area contributed by atoms with Crippen molar-refractivity contribution in [2.24, 2.45) is 0 Å². The summed E-state index contributed by atoms with van der Waals surface area (Å²) in [6.45, 7) is 2.45. The van der Waals surface area contributed by atoms with E-state index in [1.54, 1.807) is 0 Å². The molecule has 3 rings (SSSR count). The molecule has 2 aromatic carbocycles. The number of hydrogen-bond acceptors (Lipinski definition) is 1. The fourth-order valence-electron chi connectivity index (χ4n) is 3.04. The van der Waals surface area contributed by atoms with E-state index >= 15 is 0 Å². The maximum absolute atomic E-state index is 9.34. The minimum Gasteiger partial charge on any atom is -0.396 e. The van der Waals surface area contributed by atoms with Crippen LogP contribution in [0.5, 0.6) is 0 Å². The minimum absolute atomic E-state index is 0.0397. The molecular formula is C16H16O. The van der Waals surface area contributed by atoms with Gasteiger partial charge >= 0.3 is 0 Å². The molecule has 0 heterocycles. The zero-order valence-corrected chi connectivity index (χ0v) is 9.98. The van der Waals surface area contributed by atoms with Gasteiger partial charge in [0.2, 0.25) is 0 Å². The molecule has 0 saturated carbocycles. The molecule has 2 aromatic rings. The van der Waals surface area contributed by atoms with E-state index in [0.717, 1.165) is 6.42 Å². The number of hydrogen-bond donors (Lipinski definition) is 1. The average molecular weight is 224 g/mol. The van der Waals surface area contributed by atoms with Gasteiger partial charge in [0.1, 0.15) is 0 Å². The minimum atomic E-state index is -0.0397. The second kappa shape index (κ2) is 3.71. The van der Waals surface area contributed by atoms with Crippen LogP contribution in [0.25, 0.3) is 11.1 Å². The number of benzene rings is 2. The Balaban J connectivity index is 2.31. The van der Waals surface area contributed by atoms with Gasteiger partial charge in [0.15, 0.2) is 0 Å². The standard InChI is InChI=1S/C16H16O/c1-16(10-11-17)14-8-4-2-6-12(14)13-7-3-5-9-15(13)16/h2-9,17H,10-11H2,1H3. The molecular weight excluding hydrogens is 208 g/mol. The Morgan fingerprint density at radius 2 is 1.35 bits per heavy atom. The molecule has 0 amide bonds. The monoisotopic (exact) mass is 224 g/mol. The Morgan fingerprint density at radius 1 is 0.882 bits per heavy atom. The van der Waals surface area contributed by atoms with Crippen LogP contribution in [0.4, 0.5) is 0 Å². The Bertz CT molecular complexity index is 511. The van der Waals surface area contributed by atoms with Gasteiger partial charge in [-0.2, -0.15) is 0 Å². The van der Waals surface area contributed by atoms with E-state index in [1.807, 2.05) is 0 Å². The van der Waals surface area contributed by atoms with Crippen LogP contribution in [0.15, 0.2) is 48.5 Å². The van der Waals surface area contributed by atoms with E-state index in [2.05, 4.69) is 55.5 Å². The first kappa shape index (κ1) is 10.5. The molecule has 1 N–H and O–H groups in total. The highest BCUT2D eigenvalue weighted by atomic mass is 16.3. The van der Waals surface area contributed by atoms with E-state index in [4.69, 9.17) is 0 Å². The summed E-state index contributed by atoms with van der Waals surface area (Å²) >= 11 is 0. The smallest absolute Gasteiger partial charge is 0.0442 e. The first-order valence-electron chi connectivity index (χ1n) is 6.07. The molecule has 0 atom stereocenters. The molecule has 0 bridgehead atoms. The van der Waals surface area contributed by atoms with E-state index in [0.29, 0.717) is 0 Å². The highest BCUT2D eigenvalue weighted by Crippen LogP contribution is 2.50. The highest BCUT2D eigenvalue weighted by Gasteiger charge is 2.37. The van der Waals surface area contributed by atoms with Crippen molar-refractivity contribution in [2.45, 2.75) is 18.8 Å². The van der Waals surface area contributed by atoms with Crippen molar-refractivity contribution in [3.05, 3.63) is 59.7 Å². The Labute approximate surface area is 102 Å². The van der Waals surface area contributed by atoms with Crippen molar-refractivity contribution in [2.75, 3.05) is 6.61 Å². The van der Waals surface area contributed by atoms with Gasteiger partial charge in [0, 0.05) is 12.0 Å². The van der Waals surface area contributed by atoms with Crippen LogP contribution in [0.2, 0.25) is 0 Å². The van der Waals surface area contributed by atoms with Gasteiger partial charge < -0.3 is 5.11 Å². The summed E-state index contributed by atoms with van der Waals surface area (Å²) in [6.07, 6.45) is 0.779. The zero-order chi connectivity index (χ0) is 11.9. The molecule has 0 radical (unpaired) electrons. The first-order valence-corrected chi connectivity index (χ1v) is 6.07. The van der Waals surface area contributed by atoms with Gasteiger partial charge in [-0.15, -0.1) is 0 Å². The SMILES string of the molecule is CC1(CCO)c2ccccc2-c2ccccc21. The van der Waals surface area contributed by atoms with Crippen molar-refractivity contribution in [1.82, 2.24) is 0 Å². The second-order valence-corrected chi connectivity index (χ2v) is 4.90. The number of aliphatic hydroxyl groups excluding tert-OH is 1. The number of fused-ring (bicyclic) bond motifs is 3. The lowest BCUT2D eigenvalue weighted by molar-refractivity contribution is 0.261. The summed E-state index contributed by atoms with van der Waals surface area (Å²) in [5, 5.41) is 9.34. The normalized spacial score (nSPS) is 15.4. The van der Waals surface area contributed by atoms with Crippen molar-refractivity contribution in [3.8, 4) is 11.1 Å². The van der Waals surface area contributed by atoms with Crippen molar-refractivity contribution >= 4 is 0 Å². The average Bonchev–Trinajstić information content (AvgIpc) is 2.62. The van der Waals surface area contributed by atoms with Crippen LogP contribution < -0.4 is 0 Å². The molecule has 0 saturated heterocycles. The summed E-state index contributed by atoms with van der Waals surface area (Å²) in [4.78, 5) is 0. The van der Waals surface area contributed by atoms with Crippen molar-refractivity contribution in [1.29, 1.82) is 0 Å². The quantitative estimate of drug-likeness (QED) is 0.829. The highest BCUT2D eigenvalue weighted by molar-refractivity contribution is 5.80. The van der Waals surface area contributed by atoms with Crippen molar-refractivity contribution < 1.29 is 5.11 Å². The van der Waals surface area contributed by atoms with Gasteiger partial charge in [0.05, 0.1) is 0 Å². The van der Waals surface area contributed by atoms with Crippen LogP contribution >= 0.6 is 0 Å². The summed E-state index contributed by atoms with van der Waals surface area (Å²) in [5.41, 5.74) is 5.28. The van der Waals surface area contributed by atoms with Gasteiger partial charge in [-0.05, 0) is 28.7 Å². The molecule has 1 nitrogen and oxygen atoms in total. The Hall–Kier alpha value is -1.60. The maximum Gasteiger partial charge on any atom is 0.0442 e. The van der Waals surface area contributed by atoms with Crippen LogP contribution in [-0.4, -0.2) is 11.7 Å². The molecule has 0 fully saturated rings. The van der Waals surface area contributed by atoms with Gasteiger partial charge in [-0.3, -0.25) is 0 Å². The van der Waals surface area contributed by atoms with Gasteiger partial charge in [-0.25, -0.2) is 0 Å². The second-order valence-electron chi connectivity index (χ2n) is 4.90. The summed E-state index contributed by atoms with van der Waals surface area (Å²) in [5.74, 6) is 0. The Morgan fingerprint density at radius 3 is 1.82 bits per heavy atom. The fourth-order valence-corrected chi connectivity index (χ4v) is 3.04. The van der Waals surface area contributed by atoms with E-state index in [1.165, 1.54) is 22.3 Å². The molecule has 0 aliphatic heterocycles. The molecule has 1 heteroatoms. The summed E-state index contributed by atoms with van der Waals surface area (Å²) < 4.78 is 0. The summed E-state index contributed by atoms with van der Waals surface area (Å²) in [7, 11) is 0. The van der Waals surface area contributed by atoms with Gasteiger partial charge in [0.25, 0.3) is 0 Å². The fraction of sp³-hybridized carbons (Fsp3) is 0.250. The van der Waals surface area contributed by atoms with E-state index in [9.17, 15) is 5.11 Å². The third kappa shape index (κ3) is 1.36. The lowest BCUT2D eigenvalue weighted by atomic mass is 9.78. The summed E-state index contributed by atoms with van der Waals surface area (Å²) in [6, 6.07) is 17.1. The van der Waals surface area contributed by atoms with Crippen LogP contribution in [0, 0.1) is 0 Å². The molecule has 1 aliphatic rings. The lowest BCUT2D eigenvalue weighted by Crippen LogP contribution is -2.22. The van der Waals surface area contributed by atoms with Crippen molar-refractivity contribution in [3.63, 3.8) is 0 Å². The predicted octanol–water partition coefficient (Wildman–Crippen LogP) is 3.36. The van der Waals surface area contributed by atoms with E-state index in [-0.39, 0.29) is 12.0 Å². The van der Waals surface area contributed by atoms with Crippen LogP contribution in [0.3, 0.4) is 0 Å². The zero-order valence-electron chi connectivity index (χ0n) is 9.98. The molecule has 0 unspecified atom stereocenters. The molecule has 1 aliphatic carbocycles. The molecule has 17 heavy (non-hydrogen) atoms. The third-order valence-corrected chi connectivity index (χ3v) is 3.95. The molecule has 0 aromatic heterocycles. The molecule has 86 valence electrons. The maximum atomic E-state index is 9.34. The van der Waals surface area contributed by atoms with Crippen LogP contribution in [0.1, 0.15) is 24.5 Å². The largest absolute Gasteiger partial charge is 0.396 e. The molecule has 0 spiro atoms. The number of aliphatic hydroxyl groups is 1. The Kier molecular flexibility index (Phi) is 2.30. The van der Waals surface area contributed by atoms with Gasteiger partial charge in [-0.1, -0.05) is 55.5 Å². The topological polar surface area (TPSA) is 20.2 Å². The number of rotatable bonds is 2.